The van der Waals surface area contributed by atoms with Gasteiger partial charge in [0, 0.05) is 48.6 Å². The van der Waals surface area contributed by atoms with Crippen molar-refractivity contribution < 1.29 is 23.9 Å². The predicted octanol–water partition coefficient (Wildman–Crippen LogP) is 10.1. The number of carbonyl (C=O) groups excluding carboxylic acids is 3. The highest BCUT2D eigenvalue weighted by Crippen LogP contribution is 2.52. The number of aromatic nitrogens is 4. The number of ether oxygens (including phenoxy) is 2. The molecule has 0 aliphatic heterocycles. The first-order valence-electron chi connectivity index (χ1n) is 24.0. The highest BCUT2D eigenvalue weighted by atomic mass is 28.3. The number of alkyl carbamates (subject to hydrolysis) is 1. The molecule has 4 aromatic rings. The third-order valence-electron chi connectivity index (χ3n) is 13.3. The lowest BCUT2D eigenvalue weighted by Gasteiger charge is -2.29. The van der Waals surface area contributed by atoms with Gasteiger partial charge >= 0.3 is 6.09 Å². The van der Waals surface area contributed by atoms with Crippen molar-refractivity contribution in [1.82, 2.24) is 25.3 Å². The largest absolute Gasteiger partial charge is 0.444 e. The molecule has 3 amide bonds. The molecule has 4 aliphatic rings. The smallest absolute Gasteiger partial charge is 0.408 e. The van der Waals surface area contributed by atoms with Gasteiger partial charge in [0.15, 0.2) is 0 Å². The number of amides is 3. The van der Waals surface area contributed by atoms with Crippen molar-refractivity contribution in [3.05, 3.63) is 71.3 Å². The molecular weight excluding hydrogens is 833 g/mol. The monoisotopic (exact) mass is 907 g/mol. The molecule has 0 saturated heterocycles. The van der Waals surface area contributed by atoms with E-state index < -0.39 is 31.9 Å². The van der Waals surface area contributed by atoms with E-state index in [-0.39, 0.29) is 17.7 Å². The van der Waals surface area contributed by atoms with Gasteiger partial charge in [-0.05, 0) is 177 Å². The summed E-state index contributed by atoms with van der Waals surface area (Å²) in [6.45, 7) is 21.8. The molecule has 65 heavy (non-hydrogen) atoms. The maximum Gasteiger partial charge on any atom is 0.408 e. The maximum atomic E-state index is 13.6. The number of anilines is 2. The number of carbonyl (C=O) groups is 3. The van der Waals surface area contributed by atoms with Crippen molar-refractivity contribution >= 4 is 37.4 Å². The van der Waals surface area contributed by atoms with Crippen LogP contribution in [0.5, 0.6) is 0 Å². The minimum Gasteiger partial charge on any atom is -0.444 e. The molecule has 14 heteroatoms. The number of nitrogens with one attached hydrogen (secondary N) is 4. The first-order chi connectivity index (χ1) is 30.8. The number of hydrogen-bond donors (Lipinski definition) is 5. The third kappa shape index (κ3) is 13.2. The van der Waals surface area contributed by atoms with E-state index in [0.29, 0.717) is 42.0 Å². The molecule has 13 nitrogen and oxygen atoms in total. The Morgan fingerprint density at radius 1 is 0.754 bits per heavy atom. The van der Waals surface area contributed by atoms with Crippen LogP contribution in [0.2, 0.25) is 25.7 Å². The minimum atomic E-state index is -1.13. The average molecular weight is 907 g/mol. The lowest BCUT2D eigenvalue weighted by molar-refractivity contribution is -0.120. The molecule has 4 aliphatic carbocycles. The first-order valence-corrected chi connectivity index (χ1v) is 27.7. The number of rotatable bonds is 18. The molecule has 4 fully saturated rings. The molecule has 2 aromatic carbocycles. The Balaban J connectivity index is 0.000000215. The van der Waals surface area contributed by atoms with Crippen LogP contribution in [0.3, 0.4) is 0 Å². The van der Waals surface area contributed by atoms with Crippen LogP contribution < -0.4 is 21.7 Å². The van der Waals surface area contributed by atoms with E-state index in [4.69, 9.17) is 20.3 Å². The summed E-state index contributed by atoms with van der Waals surface area (Å²) in [5.41, 5.74) is 15.6. The van der Waals surface area contributed by atoms with Crippen LogP contribution in [0.25, 0.3) is 22.3 Å². The van der Waals surface area contributed by atoms with E-state index >= 15 is 0 Å². The number of H-pyrrole nitrogens is 1. The van der Waals surface area contributed by atoms with Gasteiger partial charge in [0.25, 0.3) is 0 Å². The zero-order chi connectivity index (χ0) is 46.8. The number of benzene rings is 2. The summed E-state index contributed by atoms with van der Waals surface area (Å²) in [5.74, 6) is 2.60. The van der Waals surface area contributed by atoms with Crippen LogP contribution in [0.4, 0.5) is 16.2 Å². The van der Waals surface area contributed by atoms with E-state index in [9.17, 15) is 14.4 Å². The van der Waals surface area contributed by atoms with Crippen LogP contribution in [0.15, 0.2) is 48.5 Å². The lowest BCUT2D eigenvalue weighted by atomic mass is 9.88. The molecule has 4 saturated carbocycles. The summed E-state index contributed by atoms with van der Waals surface area (Å²) in [5, 5.41) is 21.0. The SMILES string of the molecule is Cc1n[nH]c(C)c1-c1ccc(NC(=O)[C@@H](N)C(C2CC2)C2CC2)cc1.Cc1nn(COCC[Si](C)(C)C)c(C)c1-c1ccc(NC(=O)[C@@H](NC(=O)OC(C)(C)C)C(C2CC2)C2CC2)cc1. The van der Waals surface area contributed by atoms with Crippen LogP contribution in [0.1, 0.15) is 94.9 Å². The highest BCUT2D eigenvalue weighted by Gasteiger charge is 2.49. The van der Waals surface area contributed by atoms with E-state index in [1.165, 1.54) is 25.7 Å². The Morgan fingerprint density at radius 2 is 1.25 bits per heavy atom. The van der Waals surface area contributed by atoms with Gasteiger partial charge in [-0.2, -0.15) is 10.2 Å². The molecule has 6 N–H and O–H groups in total. The molecule has 2 aromatic heterocycles. The normalized spacial score (nSPS) is 17.3. The molecule has 352 valence electrons. The predicted molar refractivity (Wildman–Crippen MR) is 261 cm³/mol. The van der Waals surface area contributed by atoms with Crippen LogP contribution >= 0.6 is 0 Å². The molecule has 2 heterocycles. The van der Waals surface area contributed by atoms with Crippen molar-refractivity contribution in [3.8, 4) is 22.3 Å². The van der Waals surface area contributed by atoms with Gasteiger partial charge in [-0.3, -0.25) is 14.7 Å². The Labute approximate surface area is 387 Å². The van der Waals surface area contributed by atoms with Crippen molar-refractivity contribution in [3.63, 3.8) is 0 Å². The summed E-state index contributed by atoms with van der Waals surface area (Å²) in [4.78, 5) is 38.8. The molecule has 0 unspecified atom stereocenters. The van der Waals surface area contributed by atoms with Gasteiger partial charge in [0.2, 0.25) is 11.8 Å². The summed E-state index contributed by atoms with van der Waals surface area (Å²) < 4.78 is 13.4. The molecule has 0 spiro atoms. The standard InChI is InChI=1S/C31H48N4O4Si.C20H26N4O/c1-20-26(21(2)35(34-20)19-38-17-18-40(6,7)8)22-13-15-25(16-14-22)32-29(36)28(33-30(37)39-31(3,4)5)27(23-9-10-23)24-11-12-24;1-11-17(12(2)24-23-11)13-7-9-16(10-8-13)22-20(25)19(21)18(14-3-4-14)15-5-6-15/h13-16,23-24,27-28H,9-12,17-19H2,1-8H3,(H,32,36)(H,33,37);7-10,14-15,18-19H,3-6,21H2,1-2H3,(H,22,25)(H,23,24)/t28-;19-/m00/s1. The second-order valence-electron chi connectivity index (χ2n) is 21.5. The fraction of sp³-hybridized carbons (Fsp3) is 0.588. The average Bonchev–Trinajstić information content (AvgIpc) is 4.03. The molecule has 2 atom stereocenters. The van der Waals surface area contributed by atoms with Crippen LogP contribution in [0, 0.1) is 63.2 Å². The molecule has 0 bridgehead atoms. The minimum absolute atomic E-state index is 0.0489. The summed E-state index contributed by atoms with van der Waals surface area (Å²) >= 11 is 0. The molecular formula is C51H74N8O5Si. The topological polar surface area (TPSA) is 178 Å². The second kappa shape index (κ2) is 20.0. The number of aryl methyl sites for hydroxylation is 3. The van der Waals surface area contributed by atoms with E-state index in [1.807, 2.05) is 94.8 Å². The lowest BCUT2D eigenvalue weighted by Crippen LogP contribution is -2.51. The summed E-state index contributed by atoms with van der Waals surface area (Å²) in [6.07, 6.45) is 8.87. The van der Waals surface area contributed by atoms with Gasteiger partial charge in [-0.1, -0.05) is 43.9 Å². The van der Waals surface area contributed by atoms with Crippen LogP contribution in [-0.4, -0.2) is 70.3 Å². The van der Waals surface area contributed by atoms with Gasteiger partial charge in [0.05, 0.1) is 17.4 Å². The number of nitrogens with zero attached hydrogens (tertiary/aromatic N) is 3. The Kier molecular flexibility index (Phi) is 14.8. The van der Waals surface area contributed by atoms with E-state index in [1.54, 1.807) is 0 Å². The van der Waals surface area contributed by atoms with Gasteiger partial charge in [-0.25, -0.2) is 9.48 Å². The molecule has 0 radical (unpaired) electrons. The molecule has 8 rings (SSSR count). The maximum absolute atomic E-state index is 13.6. The van der Waals surface area contributed by atoms with E-state index in [0.717, 1.165) is 89.1 Å². The fourth-order valence-electron chi connectivity index (χ4n) is 9.40. The van der Waals surface area contributed by atoms with Crippen LogP contribution in [-0.2, 0) is 25.8 Å². The van der Waals surface area contributed by atoms with Gasteiger partial charge in [-0.15, -0.1) is 0 Å². The quantitative estimate of drug-likeness (QED) is 0.0484. The van der Waals surface area contributed by atoms with Crippen molar-refractivity contribution in [2.45, 2.75) is 150 Å². The number of hydrogen-bond acceptors (Lipinski definition) is 8. The van der Waals surface area contributed by atoms with Crippen molar-refractivity contribution in [2.75, 3.05) is 17.2 Å². The van der Waals surface area contributed by atoms with Gasteiger partial charge in [0.1, 0.15) is 18.4 Å². The summed E-state index contributed by atoms with van der Waals surface area (Å²) in [6, 6.07) is 15.9. The highest BCUT2D eigenvalue weighted by molar-refractivity contribution is 6.76. The Bertz CT molecular complexity index is 2230. The Hall–Kier alpha value is -4.79. The number of aromatic amines is 1. The van der Waals surface area contributed by atoms with Gasteiger partial charge < -0.3 is 31.2 Å². The fourth-order valence-corrected chi connectivity index (χ4v) is 10.2. The number of nitrogens with two attached hydrogens (primary N) is 1. The summed E-state index contributed by atoms with van der Waals surface area (Å²) in [7, 11) is -1.13. The van der Waals surface area contributed by atoms with Crippen molar-refractivity contribution in [2.24, 2.45) is 41.2 Å². The first kappa shape index (κ1) is 48.1. The third-order valence-corrected chi connectivity index (χ3v) is 15.0. The zero-order valence-corrected chi connectivity index (χ0v) is 41.5. The Morgan fingerprint density at radius 3 is 1.71 bits per heavy atom. The van der Waals surface area contributed by atoms with E-state index in [2.05, 4.69) is 52.7 Å². The zero-order valence-electron chi connectivity index (χ0n) is 40.5. The second-order valence-corrected chi connectivity index (χ2v) is 27.1. The van der Waals surface area contributed by atoms with Crippen molar-refractivity contribution in [1.29, 1.82) is 0 Å².